The summed E-state index contributed by atoms with van der Waals surface area (Å²) in [6, 6.07) is -0.390. The topological polar surface area (TPSA) is 79.5 Å². The van der Waals surface area contributed by atoms with Crippen LogP contribution >= 0.6 is 0 Å². The van der Waals surface area contributed by atoms with E-state index in [1.165, 1.54) is 0 Å². The summed E-state index contributed by atoms with van der Waals surface area (Å²) in [4.78, 5) is 22.9. The monoisotopic (exact) mass is 259 g/mol. The second-order valence-electron chi connectivity index (χ2n) is 4.09. The molecular weight excluding hydrogens is 234 g/mol. The minimum absolute atomic E-state index is 0.0833. The van der Waals surface area contributed by atoms with Crippen LogP contribution in [0.3, 0.4) is 0 Å². The standard InChI is InChI=1S/C12H25N3O3/c1-4-5-6-13-11(16)9-15-10(2)12(17)14-7-8-18-3/h10,15H,4-9H2,1-3H3,(H,13,16)(H,14,17). The Labute approximate surface area is 109 Å². The van der Waals surface area contributed by atoms with Crippen LogP contribution in [0.1, 0.15) is 26.7 Å². The van der Waals surface area contributed by atoms with Gasteiger partial charge in [-0.25, -0.2) is 0 Å². The largest absolute Gasteiger partial charge is 0.383 e. The fourth-order valence-corrected chi connectivity index (χ4v) is 1.23. The van der Waals surface area contributed by atoms with E-state index in [-0.39, 0.29) is 18.4 Å². The Morgan fingerprint density at radius 2 is 1.94 bits per heavy atom. The maximum atomic E-state index is 11.5. The maximum absolute atomic E-state index is 11.5. The highest BCUT2D eigenvalue weighted by atomic mass is 16.5. The zero-order chi connectivity index (χ0) is 13.8. The molecule has 1 unspecified atom stereocenters. The molecule has 0 aromatic carbocycles. The Hall–Kier alpha value is -1.14. The molecule has 0 saturated heterocycles. The number of ether oxygens (including phenoxy) is 1. The van der Waals surface area contributed by atoms with Crippen molar-refractivity contribution in [1.82, 2.24) is 16.0 Å². The van der Waals surface area contributed by atoms with Gasteiger partial charge in [-0.15, -0.1) is 0 Å². The van der Waals surface area contributed by atoms with Crippen molar-refractivity contribution >= 4 is 11.8 Å². The van der Waals surface area contributed by atoms with Crippen LogP contribution in [0.2, 0.25) is 0 Å². The summed E-state index contributed by atoms with van der Waals surface area (Å²) in [7, 11) is 1.58. The number of hydrogen-bond donors (Lipinski definition) is 3. The van der Waals surface area contributed by atoms with Gasteiger partial charge in [-0.05, 0) is 13.3 Å². The molecule has 0 aliphatic rings. The molecule has 2 amide bonds. The molecular formula is C12H25N3O3. The highest BCUT2D eigenvalue weighted by molar-refractivity contribution is 5.83. The molecule has 18 heavy (non-hydrogen) atoms. The minimum atomic E-state index is -0.390. The summed E-state index contributed by atoms with van der Waals surface area (Å²) in [6.45, 7) is 5.59. The van der Waals surface area contributed by atoms with Gasteiger partial charge in [0.2, 0.25) is 11.8 Å². The van der Waals surface area contributed by atoms with E-state index in [4.69, 9.17) is 4.74 Å². The third-order valence-electron chi connectivity index (χ3n) is 2.42. The van der Waals surface area contributed by atoms with Crippen molar-refractivity contribution in [2.45, 2.75) is 32.7 Å². The van der Waals surface area contributed by atoms with Gasteiger partial charge < -0.3 is 15.4 Å². The van der Waals surface area contributed by atoms with E-state index >= 15 is 0 Å². The molecule has 0 radical (unpaired) electrons. The van der Waals surface area contributed by atoms with Gasteiger partial charge >= 0.3 is 0 Å². The Morgan fingerprint density at radius 1 is 1.22 bits per heavy atom. The van der Waals surface area contributed by atoms with Gasteiger partial charge in [-0.1, -0.05) is 13.3 Å². The van der Waals surface area contributed by atoms with E-state index in [1.807, 2.05) is 0 Å². The SMILES string of the molecule is CCCCNC(=O)CNC(C)C(=O)NCCOC. The minimum Gasteiger partial charge on any atom is -0.383 e. The van der Waals surface area contributed by atoms with E-state index in [9.17, 15) is 9.59 Å². The summed E-state index contributed by atoms with van der Waals surface area (Å²) >= 11 is 0. The summed E-state index contributed by atoms with van der Waals surface area (Å²) in [5.41, 5.74) is 0. The quantitative estimate of drug-likeness (QED) is 0.468. The molecule has 0 aliphatic heterocycles. The van der Waals surface area contributed by atoms with E-state index in [0.717, 1.165) is 12.8 Å². The van der Waals surface area contributed by atoms with Gasteiger partial charge in [0.15, 0.2) is 0 Å². The molecule has 0 fully saturated rings. The first-order valence-electron chi connectivity index (χ1n) is 6.38. The van der Waals surface area contributed by atoms with E-state index in [2.05, 4.69) is 22.9 Å². The van der Waals surface area contributed by atoms with Crippen LogP contribution in [0.25, 0.3) is 0 Å². The number of nitrogens with one attached hydrogen (secondary N) is 3. The van der Waals surface area contributed by atoms with Gasteiger partial charge in [0.25, 0.3) is 0 Å². The van der Waals surface area contributed by atoms with Gasteiger partial charge in [0.05, 0.1) is 19.2 Å². The lowest BCUT2D eigenvalue weighted by Crippen LogP contribution is -2.46. The molecule has 6 nitrogen and oxygen atoms in total. The number of unbranched alkanes of at least 4 members (excludes halogenated alkanes) is 1. The number of rotatable bonds is 10. The molecule has 0 aliphatic carbocycles. The number of carbonyl (C=O) groups is 2. The van der Waals surface area contributed by atoms with Crippen molar-refractivity contribution in [3.63, 3.8) is 0 Å². The predicted molar refractivity (Wildman–Crippen MR) is 70.3 cm³/mol. The van der Waals surface area contributed by atoms with Crippen LogP contribution in [-0.4, -0.2) is 51.2 Å². The smallest absolute Gasteiger partial charge is 0.236 e. The molecule has 6 heteroatoms. The van der Waals surface area contributed by atoms with Crippen LogP contribution in [-0.2, 0) is 14.3 Å². The number of amides is 2. The average Bonchev–Trinajstić information content (AvgIpc) is 2.36. The normalized spacial score (nSPS) is 11.9. The molecule has 0 rings (SSSR count). The van der Waals surface area contributed by atoms with Gasteiger partial charge in [-0.3, -0.25) is 14.9 Å². The Morgan fingerprint density at radius 3 is 2.56 bits per heavy atom. The summed E-state index contributed by atoms with van der Waals surface area (Å²) < 4.78 is 4.83. The second-order valence-corrected chi connectivity index (χ2v) is 4.09. The highest BCUT2D eigenvalue weighted by Crippen LogP contribution is 1.84. The van der Waals surface area contributed by atoms with Crippen molar-refractivity contribution in [2.24, 2.45) is 0 Å². The molecule has 0 saturated carbocycles. The van der Waals surface area contributed by atoms with E-state index < -0.39 is 6.04 Å². The van der Waals surface area contributed by atoms with Crippen LogP contribution in [0.15, 0.2) is 0 Å². The fraction of sp³-hybridized carbons (Fsp3) is 0.833. The third-order valence-corrected chi connectivity index (χ3v) is 2.42. The highest BCUT2D eigenvalue weighted by Gasteiger charge is 2.12. The van der Waals surface area contributed by atoms with Gasteiger partial charge in [0, 0.05) is 20.2 Å². The van der Waals surface area contributed by atoms with Gasteiger partial charge in [-0.2, -0.15) is 0 Å². The first kappa shape index (κ1) is 16.9. The number of carbonyl (C=O) groups excluding carboxylic acids is 2. The van der Waals surface area contributed by atoms with Crippen molar-refractivity contribution in [3.8, 4) is 0 Å². The summed E-state index contributed by atoms with van der Waals surface area (Å²) in [5.74, 6) is -0.214. The fourth-order valence-electron chi connectivity index (χ4n) is 1.23. The first-order chi connectivity index (χ1) is 8.61. The van der Waals surface area contributed by atoms with Crippen LogP contribution in [0.5, 0.6) is 0 Å². The third kappa shape index (κ3) is 8.95. The second kappa shape index (κ2) is 11.0. The first-order valence-corrected chi connectivity index (χ1v) is 6.38. The van der Waals surface area contributed by atoms with E-state index in [1.54, 1.807) is 14.0 Å². The van der Waals surface area contributed by atoms with E-state index in [0.29, 0.717) is 19.7 Å². The summed E-state index contributed by atoms with van der Waals surface area (Å²) in [6.07, 6.45) is 2.02. The summed E-state index contributed by atoms with van der Waals surface area (Å²) in [5, 5.41) is 8.35. The molecule has 3 N–H and O–H groups in total. The molecule has 106 valence electrons. The zero-order valence-electron chi connectivity index (χ0n) is 11.5. The molecule has 1 atom stereocenters. The molecule has 0 aromatic rings. The molecule has 0 aromatic heterocycles. The van der Waals surface area contributed by atoms with Crippen molar-refractivity contribution in [1.29, 1.82) is 0 Å². The Bertz CT molecular complexity index is 247. The predicted octanol–water partition coefficient (Wildman–Crippen LogP) is -0.357. The average molecular weight is 259 g/mol. The lowest BCUT2D eigenvalue weighted by atomic mass is 10.3. The van der Waals surface area contributed by atoms with Gasteiger partial charge in [0.1, 0.15) is 0 Å². The van der Waals surface area contributed by atoms with Crippen LogP contribution in [0, 0.1) is 0 Å². The van der Waals surface area contributed by atoms with Crippen LogP contribution < -0.4 is 16.0 Å². The lowest BCUT2D eigenvalue weighted by molar-refractivity contribution is -0.123. The van der Waals surface area contributed by atoms with Crippen molar-refractivity contribution in [2.75, 3.05) is 33.4 Å². The van der Waals surface area contributed by atoms with Crippen molar-refractivity contribution in [3.05, 3.63) is 0 Å². The Balaban J connectivity index is 3.64. The lowest BCUT2D eigenvalue weighted by Gasteiger charge is -2.13. The molecule has 0 spiro atoms. The Kier molecular flexibility index (Phi) is 10.3. The maximum Gasteiger partial charge on any atom is 0.236 e. The molecule has 0 heterocycles. The number of methoxy groups -OCH3 is 1. The zero-order valence-corrected chi connectivity index (χ0v) is 11.5. The van der Waals surface area contributed by atoms with Crippen LogP contribution in [0.4, 0.5) is 0 Å². The molecule has 0 bridgehead atoms. The number of hydrogen-bond acceptors (Lipinski definition) is 4. The van der Waals surface area contributed by atoms with Crippen molar-refractivity contribution < 1.29 is 14.3 Å².